The molecule has 0 spiro atoms. The average molecular weight is 324 g/mol. The highest BCUT2D eigenvalue weighted by atomic mass is 15.2. The number of piperidine rings is 1. The van der Waals surface area contributed by atoms with E-state index < -0.39 is 0 Å². The van der Waals surface area contributed by atoms with Crippen molar-refractivity contribution in [3.8, 4) is 0 Å². The first-order valence-electron chi connectivity index (χ1n) is 8.17. The summed E-state index contributed by atoms with van der Waals surface area (Å²) >= 11 is 0. The fraction of sp³-hybridized carbons (Fsp3) is 0.333. The quantitative estimate of drug-likeness (QED) is 0.762. The number of hydrogen-bond donors (Lipinski definition) is 3. The number of pyridine rings is 1. The van der Waals surface area contributed by atoms with Gasteiger partial charge in [0.1, 0.15) is 5.69 Å². The molecule has 3 heterocycles. The van der Waals surface area contributed by atoms with Crippen molar-refractivity contribution in [2.24, 2.45) is 0 Å². The van der Waals surface area contributed by atoms with E-state index in [9.17, 15) is 0 Å². The Kier molecular flexibility index (Phi) is 4.96. The molecule has 0 radical (unpaired) electrons. The molecule has 0 amide bonds. The van der Waals surface area contributed by atoms with Gasteiger partial charge in [-0.25, -0.2) is 0 Å². The van der Waals surface area contributed by atoms with Gasteiger partial charge in [-0.15, -0.1) is 0 Å². The van der Waals surface area contributed by atoms with Crippen molar-refractivity contribution < 1.29 is 0 Å². The van der Waals surface area contributed by atoms with Crippen molar-refractivity contribution in [2.45, 2.75) is 18.9 Å². The molecule has 0 bridgehead atoms. The first-order chi connectivity index (χ1) is 11.6. The minimum atomic E-state index is 0.450. The van der Waals surface area contributed by atoms with Crippen LogP contribution in [0.3, 0.4) is 0 Å². The SMILES string of the molecule is C=C(Nc1cn[nH]c1C(=C)NC1CCN(C)CC1)c1cccnc1. The summed E-state index contributed by atoms with van der Waals surface area (Å²) in [5, 5.41) is 14.0. The second kappa shape index (κ2) is 7.31. The Bertz CT molecular complexity index is 697. The van der Waals surface area contributed by atoms with Crippen LogP contribution >= 0.6 is 0 Å². The first kappa shape index (κ1) is 16.3. The van der Waals surface area contributed by atoms with E-state index in [1.54, 1.807) is 18.6 Å². The van der Waals surface area contributed by atoms with E-state index in [0.717, 1.165) is 54.3 Å². The van der Waals surface area contributed by atoms with Crippen molar-refractivity contribution in [3.63, 3.8) is 0 Å². The monoisotopic (exact) mass is 324 g/mol. The summed E-state index contributed by atoms with van der Waals surface area (Å²) in [5.41, 5.74) is 4.29. The number of aromatic amines is 1. The molecule has 3 rings (SSSR count). The fourth-order valence-corrected chi connectivity index (χ4v) is 2.86. The number of H-pyrrole nitrogens is 1. The van der Waals surface area contributed by atoms with Gasteiger partial charge in [0.05, 0.1) is 17.6 Å². The molecule has 3 N–H and O–H groups in total. The van der Waals surface area contributed by atoms with Gasteiger partial charge in [0, 0.05) is 29.7 Å². The zero-order valence-corrected chi connectivity index (χ0v) is 14.0. The minimum absolute atomic E-state index is 0.450. The van der Waals surface area contributed by atoms with Crippen molar-refractivity contribution in [1.29, 1.82) is 0 Å². The third-order valence-electron chi connectivity index (χ3n) is 4.33. The number of rotatable bonds is 6. The van der Waals surface area contributed by atoms with Gasteiger partial charge in [-0.2, -0.15) is 5.10 Å². The summed E-state index contributed by atoms with van der Waals surface area (Å²) in [4.78, 5) is 6.47. The normalized spacial score (nSPS) is 15.9. The molecular formula is C18H24N6. The zero-order chi connectivity index (χ0) is 16.9. The lowest BCUT2D eigenvalue weighted by Gasteiger charge is -2.30. The van der Waals surface area contributed by atoms with Crippen LogP contribution in [0.4, 0.5) is 5.69 Å². The predicted octanol–water partition coefficient (Wildman–Crippen LogP) is 2.54. The third-order valence-corrected chi connectivity index (χ3v) is 4.33. The lowest BCUT2D eigenvalue weighted by Crippen LogP contribution is -2.40. The maximum absolute atomic E-state index is 4.17. The molecule has 1 saturated heterocycles. The highest BCUT2D eigenvalue weighted by Crippen LogP contribution is 2.23. The highest BCUT2D eigenvalue weighted by molar-refractivity contribution is 5.80. The molecular weight excluding hydrogens is 300 g/mol. The van der Waals surface area contributed by atoms with E-state index in [0.29, 0.717) is 6.04 Å². The molecule has 1 aliphatic heterocycles. The topological polar surface area (TPSA) is 68.9 Å². The van der Waals surface area contributed by atoms with Crippen LogP contribution in [0.5, 0.6) is 0 Å². The molecule has 0 unspecified atom stereocenters. The van der Waals surface area contributed by atoms with E-state index in [-0.39, 0.29) is 0 Å². The van der Waals surface area contributed by atoms with Gasteiger partial charge in [0.25, 0.3) is 0 Å². The van der Waals surface area contributed by atoms with Gasteiger partial charge in [0.15, 0.2) is 0 Å². The van der Waals surface area contributed by atoms with Crippen LogP contribution in [0.15, 0.2) is 43.9 Å². The maximum Gasteiger partial charge on any atom is 0.104 e. The summed E-state index contributed by atoms with van der Waals surface area (Å²) in [7, 11) is 2.16. The average Bonchev–Trinajstić information content (AvgIpc) is 3.06. The van der Waals surface area contributed by atoms with Crippen molar-refractivity contribution in [1.82, 2.24) is 25.4 Å². The summed E-state index contributed by atoms with van der Waals surface area (Å²) < 4.78 is 0. The molecule has 1 aliphatic rings. The Labute approximate surface area is 142 Å². The zero-order valence-electron chi connectivity index (χ0n) is 14.0. The Morgan fingerprint density at radius 3 is 2.75 bits per heavy atom. The minimum Gasteiger partial charge on any atom is -0.381 e. The van der Waals surface area contributed by atoms with Crippen LogP contribution in [0, 0.1) is 0 Å². The largest absolute Gasteiger partial charge is 0.381 e. The third kappa shape index (κ3) is 3.83. The van der Waals surface area contributed by atoms with E-state index in [2.05, 4.69) is 50.9 Å². The second-order valence-corrected chi connectivity index (χ2v) is 6.20. The van der Waals surface area contributed by atoms with Crippen LogP contribution in [0.1, 0.15) is 24.1 Å². The summed E-state index contributed by atoms with van der Waals surface area (Å²) in [6.07, 6.45) is 7.51. The van der Waals surface area contributed by atoms with Gasteiger partial charge < -0.3 is 15.5 Å². The molecule has 126 valence electrons. The molecule has 6 nitrogen and oxygen atoms in total. The van der Waals surface area contributed by atoms with E-state index >= 15 is 0 Å². The molecule has 2 aromatic heterocycles. The second-order valence-electron chi connectivity index (χ2n) is 6.20. The van der Waals surface area contributed by atoms with Crippen molar-refractivity contribution in [3.05, 3.63) is 55.1 Å². The maximum atomic E-state index is 4.17. The fourth-order valence-electron chi connectivity index (χ4n) is 2.86. The summed E-state index contributed by atoms with van der Waals surface area (Å²) in [5.74, 6) is 0. The number of likely N-dealkylation sites (tertiary alicyclic amines) is 1. The number of anilines is 1. The van der Waals surface area contributed by atoms with Gasteiger partial charge in [-0.3, -0.25) is 10.1 Å². The Morgan fingerprint density at radius 1 is 1.25 bits per heavy atom. The van der Waals surface area contributed by atoms with Gasteiger partial charge in [-0.1, -0.05) is 13.2 Å². The van der Waals surface area contributed by atoms with Gasteiger partial charge >= 0.3 is 0 Å². The molecule has 6 heteroatoms. The molecule has 24 heavy (non-hydrogen) atoms. The summed E-state index contributed by atoms with van der Waals surface area (Å²) in [6.45, 7) is 10.5. The molecule has 0 aromatic carbocycles. The van der Waals surface area contributed by atoms with E-state index in [1.807, 2.05) is 12.1 Å². The lowest BCUT2D eigenvalue weighted by atomic mass is 10.0. The van der Waals surface area contributed by atoms with Gasteiger partial charge in [-0.05, 0) is 45.1 Å². The standard InChI is InChI=1S/C18H24N6/c1-13(15-5-4-8-19-11-15)22-17-12-20-23-18(17)14(2)21-16-6-9-24(3)10-7-16/h4-5,8,11-12,16,21-22H,1-2,6-7,9-10H2,3H3,(H,20,23). The van der Waals surface area contributed by atoms with Crippen molar-refractivity contribution in [2.75, 3.05) is 25.5 Å². The Morgan fingerprint density at radius 2 is 2.04 bits per heavy atom. The van der Waals surface area contributed by atoms with E-state index in [1.165, 1.54) is 0 Å². The molecule has 0 atom stereocenters. The Hall–Kier alpha value is -2.60. The Balaban J connectivity index is 1.64. The van der Waals surface area contributed by atoms with Crippen molar-refractivity contribution >= 4 is 17.1 Å². The molecule has 2 aromatic rings. The van der Waals surface area contributed by atoms with Crippen LogP contribution in [-0.2, 0) is 0 Å². The van der Waals surface area contributed by atoms with Crippen LogP contribution in [-0.4, -0.2) is 46.3 Å². The number of aromatic nitrogens is 3. The highest BCUT2D eigenvalue weighted by Gasteiger charge is 2.18. The summed E-state index contributed by atoms with van der Waals surface area (Å²) in [6, 6.07) is 4.30. The molecule has 0 aliphatic carbocycles. The number of hydrogen-bond acceptors (Lipinski definition) is 5. The number of nitrogens with one attached hydrogen (secondary N) is 3. The molecule has 1 fully saturated rings. The van der Waals surface area contributed by atoms with Crippen LogP contribution in [0.25, 0.3) is 11.4 Å². The predicted molar refractivity (Wildman–Crippen MR) is 98.2 cm³/mol. The number of nitrogens with zero attached hydrogens (tertiary/aromatic N) is 3. The lowest BCUT2D eigenvalue weighted by molar-refractivity contribution is 0.245. The van der Waals surface area contributed by atoms with Crippen LogP contribution < -0.4 is 10.6 Å². The first-order valence-corrected chi connectivity index (χ1v) is 8.17. The molecule has 0 saturated carbocycles. The van der Waals surface area contributed by atoms with Gasteiger partial charge in [0.2, 0.25) is 0 Å². The smallest absolute Gasteiger partial charge is 0.104 e. The van der Waals surface area contributed by atoms with Crippen LogP contribution in [0.2, 0.25) is 0 Å². The van der Waals surface area contributed by atoms with E-state index in [4.69, 9.17) is 0 Å².